The summed E-state index contributed by atoms with van der Waals surface area (Å²) in [5, 5.41) is 13.3. The first-order valence-corrected chi connectivity index (χ1v) is 13.1. The molecule has 0 radical (unpaired) electrons. The molecule has 2 bridgehead atoms. The van der Waals surface area contributed by atoms with Crippen LogP contribution in [0.2, 0.25) is 0 Å². The van der Waals surface area contributed by atoms with Crippen LogP contribution >= 0.6 is 0 Å². The van der Waals surface area contributed by atoms with E-state index in [0.717, 1.165) is 44.7 Å². The standard InChI is InChI=1S/C31H31F2N3O3/c1-19-13-20(3-4-22-15-26-16-23(22)18-36(26)11-12-39-2)14-28(34-19)31(38)35-30(21-5-7-24(32)8-6-21)27-17-25(33)9-10-29(27)37/h5-10,13-14,17,22-23,26,30,37H,11-12,15-16,18H2,1-2H3,(H,35,38)/t22-,23+,26-,30?/m1/s1. The number of ether oxygens (including phenoxy) is 1. The van der Waals surface area contributed by atoms with Crippen molar-refractivity contribution in [3.8, 4) is 17.6 Å². The van der Waals surface area contributed by atoms with E-state index in [1.165, 1.54) is 30.3 Å². The van der Waals surface area contributed by atoms with Crippen molar-refractivity contribution in [1.29, 1.82) is 0 Å². The lowest BCUT2D eigenvalue weighted by molar-refractivity contribution is 0.0937. The molecule has 3 aromatic rings. The number of benzene rings is 2. The van der Waals surface area contributed by atoms with Crippen LogP contribution in [0, 0.1) is 42.2 Å². The number of aromatic nitrogens is 1. The molecule has 202 valence electrons. The molecule has 4 atom stereocenters. The van der Waals surface area contributed by atoms with Gasteiger partial charge < -0.3 is 15.2 Å². The van der Waals surface area contributed by atoms with Crippen molar-refractivity contribution < 1.29 is 23.4 Å². The predicted octanol–water partition coefficient (Wildman–Crippen LogP) is 4.60. The van der Waals surface area contributed by atoms with Crippen molar-refractivity contribution in [2.45, 2.75) is 31.8 Å². The van der Waals surface area contributed by atoms with Crippen LogP contribution in [0.25, 0.3) is 0 Å². The van der Waals surface area contributed by atoms with Gasteiger partial charge in [-0.1, -0.05) is 24.0 Å². The van der Waals surface area contributed by atoms with Crippen LogP contribution in [0.3, 0.4) is 0 Å². The molecule has 39 heavy (non-hydrogen) atoms. The van der Waals surface area contributed by atoms with Crippen molar-refractivity contribution in [3.63, 3.8) is 0 Å². The lowest BCUT2D eigenvalue weighted by atomic mass is 9.94. The average molecular weight is 532 g/mol. The Labute approximate surface area is 227 Å². The number of hydrogen-bond donors (Lipinski definition) is 2. The molecular formula is C31H31F2N3O3. The number of phenols is 1. The van der Waals surface area contributed by atoms with Gasteiger partial charge in [-0.25, -0.2) is 13.8 Å². The van der Waals surface area contributed by atoms with Gasteiger partial charge in [0.25, 0.3) is 5.91 Å². The zero-order valence-corrected chi connectivity index (χ0v) is 22.0. The number of rotatable bonds is 7. The summed E-state index contributed by atoms with van der Waals surface area (Å²) in [6.45, 7) is 4.52. The van der Waals surface area contributed by atoms with E-state index in [1.54, 1.807) is 20.1 Å². The van der Waals surface area contributed by atoms with Crippen molar-refractivity contribution in [1.82, 2.24) is 15.2 Å². The summed E-state index contributed by atoms with van der Waals surface area (Å²) in [6, 6.07) is 12.1. The summed E-state index contributed by atoms with van der Waals surface area (Å²) in [4.78, 5) is 20.2. The van der Waals surface area contributed by atoms with Gasteiger partial charge in [-0.15, -0.1) is 0 Å². The smallest absolute Gasteiger partial charge is 0.270 e. The van der Waals surface area contributed by atoms with Crippen LogP contribution in [0.15, 0.2) is 54.6 Å². The number of nitrogens with one attached hydrogen (secondary N) is 1. The van der Waals surface area contributed by atoms with Gasteiger partial charge in [0, 0.05) is 49.0 Å². The van der Waals surface area contributed by atoms with Crippen molar-refractivity contribution in [2.75, 3.05) is 26.8 Å². The third-order valence-corrected chi connectivity index (χ3v) is 7.61. The number of halogens is 2. The van der Waals surface area contributed by atoms with Gasteiger partial charge in [-0.3, -0.25) is 9.69 Å². The summed E-state index contributed by atoms with van der Waals surface area (Å²) < 4.78 is 32.9. The maximum Gasteiger partial charge on any atom is 0.270 e. The third kappa shape index (κ3) is 6.11. The Balaban J connectivity index is 1.35. The van der Waals surface area contributed by atoms with Gasteiger partial charge in [0.2, 0.25) is 0 Å². The van der Waals surface area contributed by atoms with E-state index >= 15 is 0 Å². The molecule has 2 fully saturated rings. The normalized spacial score (nSPS) is 20.9. The van der Waals surface area contributed by atoms with Crippen LogP contribution in [-0.4, -0.2) is 53.7 Å². The number of pyridine rings is 1. The molecular weight excluding hydrogens is 500 g/mol. The molecule has 5 rings (SSSR count). The number of phenolic OH excluding ortho intramolecular Hbond substituents is 1. The van der Waals surface area contributed by atoms with Crippen LogP contribution in [0.4, 0.5) is 8.78 Å². The van der Waals surface area contributed by atoms with Gasteiger partial charge >= 0.3 is 0 Å². The number of methoxy groups -OCH3 is 1. The maximum atomic E-state index is 14.1. The lowest BCUT2D eigenvalue weighted by Gasteiger charge is -2.29. The van der Waals surface area contributed by atoms with E-state index in [-0.39, 0.29) is 17.0 Å². The minimum atomic E-state index is -0.930. The SMILES string of the molecule is COCCN1C[C@@H]2C[C@H]1C[C@H]2C#Cc1cc(C)nc(C(=O)NC(c2ccc(F)cc2)c2cc(F)ccc2O)c1. The largest absolute Gasteiger partial charge is 0.508 e. The first-order chi connectivity index (χ1) is 18.8. The summed E-state index contributed by atoms with van der Waals surface area (Å²) in [5.41, 5.74) is 2.12. The number of carbonyl (C=O) groups is 1. The van der Waals surface area contributed by atoms with Gasteiger partial charge in [-0.05, 0) is 73.7 Å². The van der Waals surface area contributed by atoms with Crippen LogP contribution in [-0.2, 0) is 4.74 Å². The number of aryl methyl sites for hydroxylation is 1. The zero-order valence-electron chi connectivity index (χ0n) is 22.0. The quantitative estimate of drug-likeness (QED) is 0.436. The van der Waals surface area contributed by atoms with Gasteiger partial charge in [0.15, 0.2) is 0 Å². The molecule has 1 aliphatic carbocycles. The van der Waals surface area contributed by atoms with Crippen LogP contribution in [0.1, 0.15) is 51.8 Å². The number of nitrogens with zero attached hydrogens (tertiary/aromatic N) is 2. The monoisotopic (exact) mass is 531 g/mol. The highest BCUT2D eigenvalue weighted by atomic mass is 19.1. The number of amides is 1. The van der Waals surface area contributed by atoms with Crippen molar-refractivity contribution in [3.05, 3.63) is 94.3 Å². The number of carbonyl (C=O) groups excluding carboxylic acids is 1. The first-order valence-electron chi connectivity index (χ1n) is 13.1. The predicted molar refractivity (Wildman–Crippen MR) is 143 cm³/mol. The Morgan fingerprint density at radius 3 is 2.64 bits per heavy atom. The lowest BCUT2D eigenvalue weighted by Crippen LogP contribution is -2.37. The fourth-order valence-corrected chi connectivity index (χ4v) is 5.70. The summed E-state index contributed by atoms with van der Waals surface area (Å²) in [6.07, 6.45) is 2.19. The Bertz CT molecular complexity index is 1420. The number of aromatic hydroxyl groups is 1. The summed E-state index contributed by atoms with van der Waals surface area (Å²) >= 11 is 0. The highest BCUT2D eigenvalue weighted by Gasteiger charge is 2.43. The molecule has 1 unspecified atom stereocenters. The topological polar surface area (TPSA) is 74.7 Å². The van der Waals surface area contributed by atoms with E-state index in [9.17, 15) is 18.7 Å². The van der Waals surface area contributed by atoms with Gasteiger partial charge in [-0.2, -0.15) is 0 Å². The van der Waals surface area contributed by atoms with Crippen molar-refractivity contribution >= 4 is 5.91 Å². The summed E-state index contributed by atoms with van der Waals surface area (Å²) in [5.74, 6) is 5.82. The molecule has 1 aliphatic heterocycles. The molecule has 1 saturated heterocycles. The van der Waals surface area contributed by atoms with Crippen molar-refractivity contribution in [2.24, 2.45) is 11.8 Å². The van der Waals surface area contributed by atoms with Crippen LogP contribution in [0.5, 0.6) is 5.75 Å². The number of hydrogen-bond acceptors (Lipinski definition) is 5. The average Bonchev–Trinajstić information content (AvgIpc) is 3.51. The Kier molecular flexibility index (Phi) is 7.92. The van der Waals surface area contributed by atoms with Crippen LogP contribution < -0.4 is 5.32 Å². The molecule has 1 amide bonds. The number of likely N-dealkylation sites (tertiary alicyclic amines) is 1. The Morgan fingerprint density at radius 1 is 1.15 bits per heavy atom. The second-order valence-electron chi connectivity index (χ2n) is 10.3. The van der Waals surface area contributed by atoms with E-state index in [1.807, 2.05) is 6.07 Å². The highest BCUT2D eigenvalue weighted by molar-refractivity contribution is 5.93. The molecule has 2 heterocycles. The molecule has 2 N–H and O–H groups in total. The fraction of sp³-hybridized carbons (Fsp3) is 0.355. The molecule has 0 spiro atoms. The Hall–Kier alpha value is -3.80. The van der Waals surface area contributed by atoms with E-state index in [2.05, 4.69) is 27.0 Å². The fourth-order valence-electron chi connectivity index (χ4n) is 5.70. The first kappa shape index (κ1) is 26.8. The number of piperidine rings is 1. The molecule has 2 aromatic carbocycles. The molecule has 6 nitrogen and oxygen atoms in total. The Morgan fingerprint density at radius 2 is 1.92 bits per heavy atom. The number of fused-ring (bicyclic) bond motifs is 2. The minimum Gasteiger partial charge on any atom is -0.508 e. The van der Waals surface area contributed by atoms with E-state index < -0.39 is 23.6 Å². The van der Waals surface area contributed by atoms with Gasteiger partial charge in [0.05, 0.1) is 12.6 Å². The maximum absolute atomic E-state index is 14.1. The highest BCUT2D eigenvalue weighted by Crippen LogP contribution is 2.41. The molecule has 8 heteroatoms. The third-order valence-electron chi connectivity index (χ3n) is 7.61. The molecule has 1 aromatic heterocycles. The second kappa shape index (κ2) is 11.5. The molecule has 2 aliphatic rings. The molecule has 1 saturated carbocycles. The summed E-state index contributed by atoms with van der Waals surface area (Å²) in [7, 11) is 1.72. The second-order valence-corrected chi connectivity index (χ2v) is 10.3. The van der Waals surface area contributed by atoms with E-state index in [0.29, 0.717) is 34.7 Å². The van der Waals surface area contributed by atoms with Gasteiger partial charge in [0.1, 0.15) is 23.1 Å². The minimum absolute atomic E-state index is 0.151. The zero-order chi connectivity index (χ0) is 27.5. The van der Waals surface area contributed by atoms with E-state index in [4.69, 9.17) is 4.74 Å².